The Kier molecular flexibility index (Phi) is 6.94. The topological polar surface area (TPSA) is 66.5 Å². The first-order chi connectivity index (χ1) is 12.4. The number of benzene rings is 2. The van der Waals surface area contributed by atoms with Gasteiger partial charge in [0, 0.05) is 19.6 Å². The summed E-state index contributed by atoms with van der Waals surface area (Å²) in [5.41, 5.74) is 2.96. The molecule has 0 unspecified atom stereocenters. The van der Waals surface area contributed by atoms with Gasteiger partial charge in [-0.05, 0) is 35.7 Å². The smallest absolute Gasteiger partial charge is 0.243 e. The molecule has 0 spiro atoms. The van der Waals surface area contributed by atoms with Gasteiger partial charge in [0.1, 0.15) is 0 Å². The number of carbonyl (C=O) groups is 1. The summed E-state index contributed by atoms with van der Waals surface area (Å²) in [6.07, 6.45) is 0.334. The first kappa shape index (κ1) is 20.1. The third-order valence-corrected chi connectivity index (χ3v) is 6.43. The fourth-order valence-electron chi connectivity index (χ4n) is 2.74. The molecule has 140 valence electrons. The lowest BCUT2D eigenvalue weighted by molar-refractivity contribution is -0.120. The van der Waals surface area contributed by atoms with E-state index in [0.717, 1.165) is 16.7 Å². The number of sulfonamides is 1. The third-order valence-electron chi connectivity index (χ3n) is 4.37. The molecule has 2 rings (SSSR count). The van der Waals surface area contributed by atoms with Crippen molar-refractivity contribution in [1.82, 2.24) is 9.62 Å². The number of carbonyl (C=O) groups excluding carboxylic acids is 1. The lowest BCUT2D eigenvalue weighted by atomic mass is 10.1. The van der Waals surface area contributed by atoms with E-state index >= 15 is 0 Å². The summed E-state index contributed by atoms with van der Waals surface area (Å²) in [5, 5.41) is 2.88. The van der Waals surface area contributed by atoms with Crippen molar-refractivity contribution in [3.63, 3.8) is 0 Å². The highest BCUT2D eigenvalue weighted by Gasteiger charge is 2.21. The molecule has 6 heteroatoms. The minimum atomic E-state index is -3.45. The lowest BCUT2D eigenvalue weighted by Crippen LogP contribution is -2.30. The van der Waals surface area contributed by atoms with E-state index in [-0.39, 0.29) is 10.8 Å². The highest BCUT2D eigenvalue weighted by Crippen LogP contribution is 2.16. The number of nitrogens with one attached hydrogen (secondary N) is 1. The van der Waals surface area contributed by atoms with Crippen molar-refractivity contribution in [3.8, 4) is 0 Å². The summed E-state index contributed by atoms with van der Waals surface area (Å²) in [5.74, 6) is -0.0564. The van der Waals surface area contributed by atoms with Crippen LogP contribution in [0.5, 0.6) is 0 Å². The molecule has 0 radical (unpaired) electrons. The summed E-state index contributed by atoms with van der Waals surface area (Å²) >= 11 is 0. The normalized spacial score (nSPS) is 11.5. The Labute approximate surface area is 156 Å². The average Bonchev–Trinajstić information content (AvgIpc) is 2.63. The van der Waals surface area contributed by atoms with E-state index in [1.807, 2.05) is 45.0 Å². The predicted octanol–water partition coefficient (Wildman–Crippen LogP) is 2.88. The molecule has 0 aromatic heterocycles. The van der Waals surface area contributed by atoms with Gasteiger partial charge in [0.25, 0.3) is 0 Å². The second kappa shape index (κ2) is 8.96. The number of hydrogen-bond donors (Lipinski definition) is 1. The van der Waals surface area contributed by atoms with Gasteiger partial charge in [-0.1, -0.05) is 50.2 Å². The van der Waals surface area contributed by atoms with E-state index in [1.165, 1.54) is 4.31 Å². The Morgan fingerprint density at radius 1 is 1.00 bits per heavy atom. The summed E-state index contributed by atoms with van der Waals surface area (Å²) in [6.45, 7) is 6.87. The first-order valence-electron chi connectivity index (χ1n) is 8.78. The molecule has 0 aliphatic rings. The fraction of sp³-hybridized carbons (Fsp3) is 0.350. The first-order valence-corrected chi connectivity index (χ1v) is 10.2. The van der Waals surface area contributed by atoms with Gasteiger partial charge < -0.3 is 5.32 Å². The van der Waals surface area contributed by atoms with Crippen LogP contribution in [-0.4, -0.2) is 31.7 Å². The quantitative estimate of drug-likeness (QED) is 0.773. The Hall–Kier alpha value is -2.18. The van der Waals surface area contributed by atoms with Gasteiger partial charge in [-0.2, -0.15) is 4.31 Å². The van der Waals surface area contributed by atoms with E-state index in [1.54, 1.807) is 24.3 Å². The highest BCUT2D eigenvalue weighted by molar-refractivity contribution is 7.89. The summed E-state index contributed by atoms with van der Waals surface area (Å²) in [7, 11) is -3.45. The molecule has 26 heavy (non-hydrogen) atoms. The lowest BCUT2D eigenvalue weighted by Gasteiger charge is -2.18. The zero-order valence-electron chi connectivity index (χ0n) is 15.5. The van der Waals surface area contributed by atoms with Gasteiger partial charge in [0.15, 0.2) is 0 Å². The van der Waals surface area contributed by atoms with Crippen LogP contribution in [0.3, 0.4) is 0 Å². The van der Waals surface area contributed by atoms with E-state index in [2.05, 4.69) is 5.32 Å². The molecule has 5 nitrogen and oxygen atoms in total. The third kappa shape index (κ3) is 4.93. The summed E-state index contributed by atoms with van der Waals surface area (Å²) in [4.78, 5) is 12.4. The molecule has 1 amide bonds. The molecule has 0 bridgehead atoms. The van der Waals surface area contributed by atoms with Gasteiger partial charge in [0.05, 0.1) is 11.3 Å². The fourth-order valence-corrected chi connectivity index (χ4v) is 4.19. The van der Waals surface area contributed by atoms with Crippen molar-refractivity contribution in [2.75, 3.05) is 13.1 Å². The minimum absolute atomic E-state index is 0.0564. The Bertz CT molecular complexity index is 842. The second-order valence-corrected chi connectivity index (χ2v) is 8.05. The van der Waals surface area contributed by atoms with Crippen LogP contribution >= 0.6 is 0 Å². The SMILES string of the molecule is CCN(CC)S(=O)(=O)c1ccc(CNC(=O)Cc2ccccc2C)cc1. The highest BCUT2D eigenvalue weighted by atomic mass is 32.2. The molecule has 2 aromatic rings. The van der Waals surface area contributed by atoms with Gasteiger partial charge >= 0.3 is 0 Å². The number of nitrogens with zero attached hydrogens (tertiary/aromatic N) is 1. The number of amides is 1. The average molecular weight is 375 g/mol. The van der Waals surface area contributed by atoms with Crippen molar-refractivity contribution in [2.45, 2.75) is 38.6 Å². The molecule has 0 atom stereocenters. The Balaban J connectivity index is 1.97. The van der Waals surface area contributed by atoms with Gasteiger partial charge in [-0.25, -0.2) is 8.42 Å². The van der Waals surface area contributed by atoms with Crippen LogP contribution in [0, 0.1) is 6.92 Å². The minimum Gasteiger partial charge on any atom is -0.352 e. The van der Waals surface area contributed by atoms with Crippen LogP contribution in [0.2, 0.25) is 0 Å². The standard InChI is InChI=1S/C20H26N2O3S/c1-4-22(5-2)26(24,25)19-12-10-17(11-13-19)15-21-20(23)14-18-9-7-6-8-16(18)3/h6-13H,4-5,14-15H2,1-3H3,(H,21,23). The van der Waals surface area contributed by atoms with Crippen molar-refractivity contribution in [1.29, 1.82) is 0 Å². The second-order valence-electron chi connectivity index (χ2n) is 6.11. The van der Waals surface area contributed by atoms with Gasteiger partial charge in [0.2, 0.25) is 15.9 Å². The monoisotopic (exact) mass is 374 g/mol. The summed E-state index contributed by atoms with van der Waals surface area (Å²) < 4.78 is 26.3. The van der Waals surface area contributed by atoms with Crippen molar-refractivity contribution in [3.05, 3.63) is 65.2 Å². The molecule has 0 heterocycles. The molecule has 0 aliphatic carbocycles. The molecule has 2 aromatic carbocycles. The van der Waals surface area contributed by atoms with E-state index in [9.17, 15) is 13.2 Å². The summed E-state index contributed by atoms with van der Waals surface area (Å²) in [6, 6.07) is 14.5. The van der Waals surface area contributed by atoms with Crippen LogP contribution in [-0.2, 0) is 27.8 Å². The van der Waals surface area contributed by atoms with Gasteiger partial charge in [-0.3, -0.25) is 4.79 Å². The van der Waals surface area contributed by atoms with Crippen LogP contribution in [0.1, 0.15) is 30.5 Å². The maximum atomic E-state index is 12.5. The molecule has 0 saturated heterocycles. The van der Waals surface area contributed by atoms with Crippen molar-refractivity contribution < 1.29 is 13.2 Å². The van der Waals surface area contributed by atoms with Crippen molar-refractivity contribution >= 4 is 15.9 Å². The molecular formula is C20H26N2O3S. The van der Waals surface area contributed by atoms with Gasteiger partial charge in [-0.15, -0.1) is 0 Å². The Morgan fingerprint density at radius 3 is 2.19 bits per heavy atom. The molecule has 1 N–H and O–H groups in total. The van der Waals surface area contributed by atoms with Crippen LogP contribution in [0.4, 0.5) is 0 Å². The zero-order valence-corrected chi connectivity index (χ0v) is 16.3. The van der Waals surface area contributed by atoms with Crippen LogP contribution in [0.15, 0.2) is 53.4 Å². The predicted molar refractivity (Wildman–Crippen MR) is 103 cm³/mol. The van der Waals surface area contributed by atoms with Crippen LogP contribution in [0.25, 0.3) is 0 Å². The maximum Gasteiger partial charge on any atom is 0.243 e. The number of hydrogen-bond acceptors (Lipinski definition) is 3. The molecule has 0 fully saturated rings. The number of rotatable bonds is 8. The van der Waals surface area contributed by atoms with Crippen LogP contribution < -0.4 is 5.32 Å². The van der Waals surface area contributed by atoms with E-state index in [4.69, 9.17) is 0 Å². The molecule has 0 aliphatic heterocycles. The zero-order chi connectivity index (χ0) is 19.2. The number of aryl methyl sites for hydroxylation is 1. The van der Waals surface area contributed by atoms with E-state index < -0.39 is 10.0 Å². The molecular weight excluding hydrogens is 348 g/mol. The molecule has 0 saturated carbocycles. The Morgan fingerprint density at radius 2 is 1.62 bits per heavy atom. The van der Waals surface area contributed by atoms with E-state index in [0.29, 0.717) is 26.1 Å². The maximum absolute atomic E-state index is 12.5. The largest absolute Gasteiger partial charge is 0.352 e. The van der Waals surface area contributed by atoms with Crippen molar-refractivity contribution in [2.24, 2.45) is 0 Å².